The minimum atomic E-state index is -0.256. The van der Waals surface area contributed by atoms with Crippen molar-refractivity contribution in [3.05, 3.63) is 74.5 Å². The number of thioether (sulfide) groups is 1. The third-order valence-electron chi connectivity index (χ3n) is 3.80. The summed E-state index contributed by atoms with van der Waals surface area (Å²) in [6, 6.07) is 12.4. The van der Waals surface area contributed by atoms with Crippen LogP contribution in [0.4, 0.5) is 0 Å². The molecule has 0 saturated heterocycles. The van der Waals surface area contributed by atoms with Crippen molar-refractivity contribution in [1.82, 2.24) is 20.1 Å². The Hall–Kier alpha value is -1.73. The normalized spacial score (nSPS) is 10.8. The summed E-state index contributed by atoms with van der Waals surface area (Å²) in [5.74, 6) is 1.06. The monoisotopic (exact) mass is 440 g/mol. The van der Waals surface area contributed by atoms with E-state index in [0.29, 0.717) is 32.2 Å². The number of hydrogen-bond acceptors (Lipinski definition) is 4. The van der Waals surface area contributed by atoms with Crippen molar-refractivity contribution in [2.75, 3.05) is 0 Å². The van der Waals surface area contributed by atoms with Crippen molar-refractivity contribution >= 4 is 52.5 Å². The first-order chi connectivity index (χ1) is 13.0. The molecule has 2 aromatic carbocycles. The van der Waals surface area contributed by atoms with Gasteiger partial charge in [-0.15, -0.1) is 10.2 Å². The van der Waals surface area contributed by atoms with E-state index in [1.54, 1.807) is 30.3 Å². The van der Waals surface area contributed by atoms with Gasteiger partial charge in [0.1, 0.15) is 0 Å². The highest BCUT2D eigenvalue weighted by Crippen LogP contribution is 2.27. The average molecular weight is 442 g/mol. The molecule has 1 amide bonds. The Bertz CT molecular complexity index is 977. The van der Waals surface area contributed by atoms with Crippen LogP contribution in [0.25, 0.3) is 0 Å². The van der Waals surface area contributed by atoms with E-state index >= 15 is 0 Å². The summed E-state index contributed by atoms with van der Waals surface area (Å²) in [7, 11) is 1.86. The third-order valence-corrected chi connectivity index (χ3v) is 5.96. The molecule has 0 radical (unpaired) electrons. The molecule has 1 aromatic heterocycles. The second-order valence-electron chi connectivity index (χ2n) is 5.66. The number of rotatable bonds is 6. The lowest BCUT2D eigenvalue weighted by molar-refractivity contribution is 0.0949. The van der Waals surface area contributed by atoms with Gasteiger partial charge >= 0.3 is 0 Å². The van der Waals surface area contributed by atoms with Gasteiger partial charge in [0.05, 0.1) is 27.2 Å². The summed E-state index contributed by atoms with van der Waals surface area (Å²) in [6.45, 7) is 0.251. The van der Waals surface area contributed by atoms with Crippen LogP contribution in [0.1, 0.15) is 21.7 Å². The summed E-state index contributed by atoms with van der Waals surface area (Å²) in [6.07, 6.45) is 0. The highest BCUT2D eigenvalue weighted by Gasteiger charge is 2.13. The van der Waals surface area contributed by atoms with E-state index in [2.05, 4.69) is 15.5 Å². The molecule has 9 heteroatoms. The molecular weight excluding hydrogens is 427 g/mol. The van der Waals surface area contributed by atoms with E-state index in [1.165, 1.54) is 11.8 Å². The molecule has 0 bridgehead atoms. The lowest BCUT2D eigenvalue weighted by Crippen LogP contribution is -2.24. The summed E-state index contributed by atoms with van der Waals surface area (Å²) < 4.78 is 1.84. The fourth-order valence-corrected chi connectivity index (χ4v) is 3.72. The van der Waals surface area contributed by atoms with Gasteiger partial charge < -0.3 is 9.88 Å². The molecule has 0 aliphatic carbocycles. The first kappa shape index (κ1) is 20.0. The molecule has 27 heavy (non-hydrogen) atoms. The molecule has 0 atom stereocenters. The van der Waals surface area contributed by atoms with Crippen LogP contribution in [-0.2, 0) is 19.3 Å². The van der Waals surface area contributed by atoms with Crippen LogP contribution in [0.2, 0.25) is 15.1 Å². The van der Waals surface area contributed by atoms with Gasteiger partial charge in [-0.05, 0) is 29.8 Å². The number of carbonyl (C=O) groups is 1. The van der Waals surface area contributed by atoms with Gasteiger partial charge in [0.2, 0.25) is 0 Å². The quantitative estimate of drug-likeness (QED) is 0.547. The number of benzene rings is 2. The van der Waals surface area contributed by atoms with Crippen LogP contribution in [0, 0.1) is 0 Å². The molecule has 1 N–H and O–H groups in total. The first-order valence-electron chi connectivity index (χ1n) is 7.93. The predicted octanol–water partition coefficient (Wildman–Crippen LogP) is 5.00. The van der Waals surface area contributed by atoms with Crippen molar-refractivity contribution in [2.45, 2.75) is 17.5 Å². The minimum Gasteiger partial charge on any atom is -0.345 e. The second kappa shape index (κ2) is 8.97. The first-order valence-corrected chi connectivity index (χ1v) is 10.1. The molecule has 1 heterocycles. The van der Waals surface area contributed by atoms with E-state index < -0.39 is 0 Å². The van der Waals surface area contributed by atoms with Crippen molar-refractivity contribution in [1.29, 1.82) is 0 Å². The summed E-state index contributed by atoms with van der Waals surface area (Å²) in [5.41, 5.74) is 1.46. The van der Waals surface area contributed by atoms with Gasteiger partial charge in [-0.1, -0.05) is 64.8 Å². The van der Waals surface area contributed by atoms with Crippen molar-refractivity contribution in [3.63, 3.8) is 0 Å². The maximum absolute atomic E-state index is 12.2. The Labute approximate surface area is 176 Å². The van der Waals surface area contributed by atoms with Crippen LogP contribution in [-0.4, -0.2) is 20.7 Å². The van der Waals surface area contributed by atoms with Gasteiger partial charge in [0.25, 0.3) is 5.91 Å². The fourth-order valence-electron chi connectivity index (χ4n) is 2.30. The lowest BCUT2D eigenvalue weighted by Gasteiger charge is -2.07. The van der Waals surface area contributed by atoms with Gasteiger partial charge in [0.15, 0.2) is 11.0 Å². The molecule has 0 saturated carbocycles. The largest absolute Gasteiger partial charge is 0.345 e. The van der Waals surface area contributed by atoms with Gasteiger partial charge in [-0.25, -0.2) is 0 Å². The van der Waals surface area contributed by atoms with Crippen LogP contribution in [0.3, 0.4) is 0 Å². The summed E-state index contributed by atoms with van der Waals surface area (Å²) in [4.78, 5) is 12.2. The molecule has 0 unspecified atom stereocenters. The van der Waals surface area contributed by atoms with Crippen LogP contribution in [0.15, 0.2) is 47.6 Å². The Morgan fingerprint density at radius 3 is 2.59 bits per heavy atom. The minimum absolute atomic E-state index is 0.251. The molecular formula is C18H15Cl3N4OS. The zero-order chi connectivity index (χ0) is 19.4. The average Bonchev–Trinajstić information content (AvgIpc) is 3.01. The molecule has 140 valence electrons. The molecule has 3 aromatic rings. The zero-order valence-corrected chi connectivity index (χ0v) is 17.3. The molecule has 0 aliphatic rings. The SMILES string of the molecule is Cn1c(CNC(=O)c2ccccc2Cl)nnc1SCc1ccc(Cl)c(Cl)c1. The predicted molar refractivity (Wildman–Crippen MR) is 110 cm³/mol. The van der Waals surface area contributed by atoms with E-state index in [9.17, 15) is 4.79 Å². The van der Waals surface area contributed by atoms with Crippen molar-refractivity contribution in [2.24, 2.45) is 7.05 Å². The number of hydrogen-bond donors (Lipinski definition) is 1. The third kappa shape index (κ3) is 4.96. The number of nitrogens with zero attached hydrogens (tertiary/aromatic N) is 3. The lowest BCUT2D eigenvalue weighted by atomic mass is 10.2. The summed E-state index contributed by atoms with van der Waals surface area (Å²) in [5, 5.41) is 13.3. The van der Waals surface area contributed by atoms with Crippen LogP contribution in [0.5, 0.6) is 0 Å². The van der Waals surface area contributed by atoms with Crippen molar-refractivity contribution < 1.29 is 4.79 Å². The Morgan fingerprint density at radius 1 is 1.07 bits per heavy atom. The molecule has 0 fully saturated rings. The van der Waals surface area contributed by atoms with E-state index in [-0.39, 0.29) is 12.5 Å². The summed E-state index contributed by atoms with van der Waals surface area (Å²) >= 11 is 19.5. The van der Waals surface area contributed by atoms with Crippen molar-refractivity contribution in [3.8, 4) is 0 Å². The molecule has 5 nitrogen and oxygen atoms in total. The van der Waals surface area contributed by atoms with Crippen LogP contribution >= 0.6 is 46.6 Å². The second-order valence-corrected chi connectivity index (χ2v) is 7.82. The highest BCUT2D eigenvalue weighted by molar-refractivity contribution is 7.98. The molecule has 0 aliphatic heterocycles. The standard InChI is InChI=1S/C18H15Cl3N4OS/c1-25-16(9-22-17(26)12-4-2-3-5-13(12)19)23-24-18(25)27-10-11-6-7-14(20)15(21)8-11/h2-8H,9-10H2,1H3,(H,22,26). The number of carbonyl (C=O) groups excluding carboxylic acids is 1. The fraction of sp³-hybridized carbons (Fsp3) is 0.167. The van der Waals surface area contributed by atoms with Gasteiger partial charge in [0, 0.05) is 12.8 Å². The van der Waals surface area contributed by atoms with E-state index in [4.69, 9.17) is 34.8 Å². The molecule has 0 spiro atoms. The maximum atomic E-state index is 12.2. The number of halogens is 3. The Kier molecular flexibility index (Phi) is 6.65. The van der Waals surface area contributed by atoms with Crippen LogP contribution < -0.4 is 5.32 Å². The zero-order valence-electron chi connectivity index (χ0n) is 14.2. The van der Waals surface area contributed by atoms with Gasteiger partial charge in [-0.2, -0.15) is 0 Å². The van der Waals surface area contributed by atoms with E-state index in [0.717, 1.165) is 10.7 Å². The Morgan fingerprint density at radius 2 is 1.85 bits per heavy atom. The smallest absolute Gasteiger partial charge is 0.253 e. The number of amides is 1. The number of nitrogens with one attached hydrogen (secondary N) is 1. The topological polar surface area (TPSA) is 59.8 Å². The molecule has 3 rings (SSSR count). The number of aromatic nitrogens is 3. The highest BCUT2D eigenvalue weighted by atomic mass is 35.5. The van der Waals surface area contributed by atoms with Gasteiger partial charge in [-0.3, -0.25) is 4.79 Å². The Balaban J connectivity index is 1.60. The van der Waals surface area contributed by atoms with E-state index in [1.807, 2.05) is 23.7 Å². The maximum Gasteiger partial charge on any atom is 0.253 e.